The Morgan fingerprint density at radius 1 is 1.05 bits per heavy atom. The maximum absolute atomic E-state index is 13.4. The molecule has 0 spiro atoms. The summed E-state index contributed by atoms with van der Waals surface area (Å²) in [5, 5.41) is 17.9. The number of aliphatic hydroxyl groups excluding tert-OH is 1. The van der Waals surface area contributed by atoms with E-state index in [1.54, 1.807) is 0 Å². The molecule has 202 valence electrons. The van der Waals surface area contributed by atoms with Crippen LogP contribution in [0.5, 0.6) is 0 Å². The Morgan fingerprint density at radius 3 is 2.59 bits per heavy atom. The van der Waals surface area contributed by atoms with Crippen LogP contribution >= 0.6 is 0 Å². The summed E-state index contributed by atoms with van der Waals surface area (Å²) < 4.78 is 11.3. The molecule has 39 heavy (non-hydrogen) atoms. The third kappa shape index (κ3) is 5.12. The van der Waals surface area contributed by atoms with E-state index in [2.05, 4.69) is 33.6 Å². The number of morpholine rings is 1. The Morgan fingerprint density at radius 2 is 1.85 bits per heavy atom. The second-order valence-corrected chi connectivity index (χ2v) is 10.5. The first kappa shape index (κ1) is 25.5. The number of amides is 1. The first-order valence-corrected chi connectivity index (χ1v) is 13.6. The van der Waals surface area contributed by atoms with Crippen LogP contribution < -0.4 is 10.2 Å². The molecule has 1 amide bonds. The highest BCUT2D eigenvalue weighted by molar-refractivity contribution is 5.98. The zero-order valence-electron chi connectivity index (χ0n) is 22.3. The minimum atomic E-state index is -0.293. The van der Waals surface area contributed by atoms with Crippen LogP contribution in [0.25, 0.3) is 22.0 Å². The maximum Gasteiger partial charge on any atom is 0.289 e. The summed E-state index contributed by atoms with van der Waals surface area (Å²) in [5.41, 5.74) is 4.55. The lowest BCUT2D eigenvalue weighted by Crippen LogP contribution is -2.41. The number of aliphatic hydroxyl groups is 1. The normalized spacial score (nSPS) is 21.7. The molecule has 2 aliphatic rings. The van der Waals surface area contributed by atoms with Gasteiger partial charge in [-0.25, -0.2) is 9.97 Å². The second kappa shape index (κ2) is 10.7. The van der Waals surface area contributed by atoms with Gasteiger partial charge >= 0.3 is 0 Å². The molecule has 2 fully saturated rings. The fourth-order valence-electron chi connectivity index (χ4n) is 5.76. The number of rotatable bonds is 5. The highest BCUT2D eigenvalue weighted by Gasteiger charge is 2.30. The lowest BCUT2D eigenvalue weighted by atomic mass is 9.93. The summed E-state index contributed by atoms with van der Waals surface area (Å²) in [6.07, 6.45) is 2.57. The topological polar surface area (TPSA) is 114 Å². The molecule has 6 rings (SSSR count). The predicted molar refractivity (Wildman–Crippen MR) is 148 cm³/mol. The molecule has 0 bridgehead atoms. The van der Waals surface area contributed by atoms with Crippen molar-refractivity contribution in [2.24, 2.45) is 0 Å². The predicted octanol–water partition coefficient (Wildman–Crippen LogP) is 4.51. The van der Waals surface area contributed by atoms with E-state index < -0.39 is 0 Å². The molecule has 1 aliphatic carbocycles. The standard InChI is InChI=1S/C30H33N5O4/c1-18-27(19(2)39-34-18)21-8-13-25-24(16-21)29(35-14-15-38-17-26(35)20-6-4-3-5-7-20)33-28(32-25)30(37)31-22-9-11-23(36)12-10-22/h3-8,13,16,22-23,26,36H,9-12,14-15,17H2,1-2H3,(H,31,37). The molecule has 1 aliphatic heterocycles. The van der Waals surface area contributed by atoms with Crippen molar-refractivity contribution in [1.29, 1.82) is 0 Å². The molecule has 9 heteroatoms. The van der Waals surface area contributed by atoms with Crippen molar-refractivity contribution < 1.29 is 19.2 Å². The number of benzene rings is 2. The quantitative estimate of drug-likeness (QED) is 0.390. The number of aryl methyl sites for hydroxylation is 2. The number of anilines is 1. The van der Waals surface area contributed by atoms with E-state index in [1.165, 1.54) is 0 Å². The Hall–Kier alpha value is -3.82. The lowest BCUT2D eigenvalue weighted by Gasteiger charge is -2.37. The summed E-state index contributed by atoms with van der Waals surface area (Å²) in [5.74, 6) is 1.30. The lowest BCUT2D eigenvalue weighted by molar-refractivity contribution is 0.0857. The van der Waals surface area contributed by atoms with E-state index in [0.29, 0.717) is 43.9 Å². The van der Waals surface area contributed by atoms with Gasteiger partial charge in [0.15, 0.2) is 0 Å². The van der Waals surface area contributed by atoms with Crippen LogP contribution in [0.3, 0.4) is 0 Å². The first-order chi connectivity index (χ1) is 19.0. The third-order valence-corrected chi connectivity index (χ3v) is 7.82. The zero-order chi connectivity index (χ0) is 26.9. The molecule has 3 heterocycles. The molecular weight excluding hydrogens is 494 g/mol. The van der Waals surface area contributed by atoms with E-state index in [0.717, 1.165) is 46.4 Å². The average molecular weight is 528 g/mol. The van der Waals surface area contributed by atoms with Crippen molar-refractivity contribution in [2.75, 3.05) is 24.7 Å². The van der Waals surface area contributed by atoms with Gasteiger partial charge in [-0.05, 0) is 62.8 Å². The van der Waals surface area contributed by atoms with Crippen molar-refractivity contribution in [3.8, 4) is 11.1 Å². The molecule has 2 N–H and O–H groups in total. The van der Waals surface area contributed by atoms with Gasteiger partial charge in [0.05, 0.1) is 36.6 Å². The van der Waals surface area contributed by atoms with E-state index >= 15 is 0 Å². The van der Waals surface area contributed by atoms with Crippen molar-refractivity contribution >= 4 is 22.6 Å². The number of fused-ring (bicyclic) bond motifs is 1. The van der Waals surface area contributed by atoms with Crippen LogP contribution in [0, 0.1) is 13.8 Å². The van der Waals surface area contributed by atoms with Gasteiger partial charge in [-0.15, -0.1) is 0 Å². The minimum absolute atomic E-state index is 0.00557. The summed E-state index contributed by atoms with van der Waals surface area (Å²) in [7, 11) is 0. The number of carbonyl (C=O) groups is 1. The molecule has 1 saturated heterocycles. The molecule has 1 atom stereocenters. The Bertz CT molecular complexity index is 1460. The van der Waals surface area contributed by atoms with Gasteiger partial charge in [0.2, 0.25) is 5.82 Å². The minimum Gasteiger partial charge on any atom is -0.393 e. The van der Waals surface area contributed by atoms with Crippen molar-refractivity contribution in [1.82, 2.24) is 20.4 Å². The number of nitrogens with zero attached hydrogens (tertiary/aromatic N) is 4. The van der Waals surface area contributed by atoms with Crippen molar-refractivity contribution in [2.45, 2.75) is 57.7 Å². The average Bonchev–Trinajstić information content (AvgIpc) is 3.31. The number of nitrogens with one attached hydrogen (secondary N) is 1. The second-order valence-electron chi connectivity index (χ2n) is 10.5. The molecule has 1 saturated carbocycles. The number of hydrogen-bond acceptors (Lipinski definition) is 8. The Kier molecular flexibility index (Phi) is 7.01. The summed E-state index contributed by atoms with van der Waals surface area (Å²) >= 11 is 0. The van der Waals surface area contributed by atoms with Crippen LogP contribution in [0.15, 0.2) is 53.1 Å². The highest BCUT2D eigenvalue weighted by atomic mass is 16.5. The number of carbonyl (C=O) groups excluding carboxylic acids is 1. The van der Waals surface area contributed by atoms with Gasteiger partial charge in [0.1, 0.15) is 11.6 Å². The van der Waals surface area contributed by atoms with E-state index in [4.69, 9.17) is 19.2 Å². The first-order valence-electron chi connectivity index (χ1n) is 13.6. The molecule has 4 aromatic rings. The molecule has 0 radical (unpaired) electrons. The summed E-state index contributed by atoms with van der Waals surface area (Å²) in [4.78, 5) is 25.2. The van der Waals surface area contributed by atoms with Gasteiger partial charge in [-0.3, -0.25) is 4.79 Å². The van der Waals surface area contributed by atoms with Gasteiger partial charge in [0.25, 0.3) is 5.91 Å². The van der Waals surface area contributed by atoms with Crippen molar-refractivity contribution in [3.05, 3.63) is 71.4 Å². The van der Waals surface area contributed by atoms with E-state index in [1.807, 2.05) is 44.2 Å². The van der Waals surface area contributed by atoms with Crippen LogP contribution in [0.1, 0.15) is 59.4 Å². The number of ether oxygens (including phenoxy) is 1. The summed E-state index contributed by atoms with van der Waals surface area (Å²) in [6.45, 7) is 5.54. The molecular formula is C30H33N5O4. The number of aromatic nitrogens is 3. The Labute approximate surface area is 227 Å². The van der Waals surface area contributed by atoms with Crippen molar-refractivity contribution in [3.63, 3.8) is 0 Å². The molecule has 9 nitrogen and oxygen atoms in total. The monoisotopic (exact) mass is 527 g/mol. The maximum atomic E-state index is 13.4. The van der Waals surface area contributed by atoms with Gasteiger partial charge < -0.3 is 24.6 Å². The van der Waals surface area contributed by atoms with Crippen LogP contribution in [0.2, 0.25) is 0 Å². The zero-order valence-corrected chi connectivity index (χ0v) is 22.3. The van der Waals surface area contributed by atoms with Gasteiger partial charge in [-0.2, -0.15) is 0 Å². The van der Waals surface area contributed by atoms with Gasteiger partial charge in [0, 0.05) is 23.5 Å². The molecule has 1 unspecified atom stereocenters. The smallest absolute Gasteiger partial charge is 0.289 e. The fraction of sp³-hybridized carbons (Fsp3) is 0.400. The largest absolute Gasteiger partial charge is 0.393 e. The molecule has 2 aromatic carbocycles. The van der Waals surface area contributed by atoms with Crippen LogP contribution in [-0.2, 0) is 4.74 Å². The van der Waals surface area contributed by atoms with Crippen LogP contribution in [-0.4, -0.2) is 58.0 Å². The summed E-state index contributed by atoms with van der Waals surface area (Å²) in [6, 6.07) is 16.2. The Balaban J connectivity index is 1.45. The number of hydrogen-bond donors (Lipinski definition) is 2. The van der Waals surface area contributed by atoms with Crippen LogP contribution in [0.4, 0.5) is 5.82 Å². The fourth-order valence-corrected chi connectivity index (χ4v) is 5.76. The SMILES string of the molecule is Cc1noc(C)c1-c1ccc2nc(C(=O)NC3CCC(O)CC3)nc(N3CCOCC3c3ccccc3)c2c1. The highest BCUT2D eigenvalue weighted by Crippen LogP contribution is 2.36. The molecule has 2 aromatic heterocycles. The third-order valence-electron chi connectivity index (χ3n) is 7.82. The van der Waals surface area contributed by atoms with Gasteiger partial charge in [-0.1, -0.05) is 41.6 Å². The van der Waals surface area contributed by atoms with E-state index in [9.17, 15) is 9.90 Å². The van der Waals surface area contributed by atoms with E-state index in [-0.39, 0.29) is 29.9 Å².